The number of nitrogens with zero attached hydrogens (tertiary/aromatic N) is 1. The maximum atomic E-state index is 4.09. The Labute approximate surface area is 98.5 Å². The zero-order valence-electron chi connectivity index (χ0n) is 10.1. The Morgan fingerprint density at radius 2 is 2.19 bits per heavy atom. The molecule has 0 spiro atoms. The van der Waals surface area contributed by atoms with Crippen LogP contribution in [-0.4, -0.2) is 18.5 Å². The summed E-state index contributed by atoms with van der Waals surface area (Å²) in [5.74, 6) is 0. The zero-order chi connectivity index (χ0) is 12.0. The highest BCUT2D eigenvalue weighted by Gasteiger charge is 2.04. The van der Waals surface area contributed by atoms with Crippen molar-refractivity contribution in [2.45, 2.75) is 6.92 Å². The fourth-order valence-electron chi connectivity index (χ4n) is 1.54. The summed E-state index contributed by atoms with van der Waals surface area (Å²) >= 11 is 0. The molecular formula is C15H19N. The van der Waals surface area contributed by atoms with Gasteiger partial charge in [-0.3, -0.25) is 0 Å². The quantitative estimate of drug-likeness (QED) is 0.633. The SMILES string of the molecule is C=C/C=C(C)/C1=C/N(C)C/C=C\C=C/C1=C. The van der Waals surface area contributed by atoms with Crippen LogP contribution in [0, 0.1) is 0 Å². The van der Waals surface area contributed by atoms with Gasteiger partial charge in [-0.25, -0.2) is 0 Å². The molecule has 1 heterocycles. The minimum Gasteiger partial charge on any atom is -0.376 e. The second-order valence-electron chi connectivity index (χ2n) is 3.88. The zero-order valence-corrected chi connectivity index (χ0v) is 10.1. The molecule has 84 valence electrons. The molecule has 0 unspecified atom stereocenters. The van der Waals surface area contributed by atoms with E-state index in [0.29, 0.717) is 0 Å². The van der Waals surface area contributed by atoms with Crippen molar-refractivity contribution in [2.75, 3.05) is 13.6 Å². The largest absolute Gasteiger partial charge is 0.376 e. The lowest BCUT2D eigenvalue weighted by molar-refractivity contribution is 0.507. The van der Waals surface area contributed by atoms with Crippen molar-refractivity contribution in [3.05, 3.63) is 72.5 Å². The predicted octanol–water partition coefficient (Wildman–Crippen LogP) is 3.62. The van der Waals surface area contributed by atoms with E-state index >= 15 is 0 Å². The molecule has 0 aliphatic carbocycles. The Bertz CT molecular complexity index is 392. The summed E-state index contributed by atoms with van der Waals surface area (Å²) in [4.78, 5) is 2.14. The van der Waals surface area contributed by atoms with E-state index in [0.717, 1.165) is 17.7 Å². The molecule has 0 aromatic carbocycles. The molecule has 0 aromatic heterocycles. The number of hydrogen-bond acceptors (Lipinski definition) is 1. The molecule has 1 aliphatic rings. The van der Waals surface area contributed by atoms with Crippen molar-refractivity contribution < 1.29 is 0 Å². The first-order valence-electron chi connectivity index (χ1n) is 5.39. The maximum Gasteiger partial charge on any atom is 0.0354 e. The summed E-state index contributed by atoms with van der Waals surface area (Å²) in [6.45, 7) is 10.8. The van der Waals surface area contributed by atoms with Crippen LogP contribution >= 0.6 is 0 Å². The summed E-state index contributed by atoms with van der Waals surface area (Å²) < 4.78 is 0. The van der Waals surface area contributed by atoms with E-state index in [2.05, 4.69) is 44.3 Å². The Kier molecular flexibility index (Phi) is 4.59. The molecule has 0 atom stereocenters. The third kappa shape index (κ3) is 3.43. The first-order valence-corrected chi connectivity index (χ1v) is 5.39. The lowest BCUT2D eigenvalue weighted by Gasteiger charge is -2.15. The van der Waals surface area contributed by atoms with E-state index in [4.69, 9.17) is 0 Å². The highest BCUT2D eigenvalue weighted by atomic mass is 15.1. The van der Waals surface area contributed by atoms with Crippen molar-refractivity contribution in [2.24, 2.45) is 0 Å². The van der Waals surface area contributed by atoms with Crippen LogP contribution in [0.3, 0.4) is 0 Å². The fourth-order valence-corrected chi connectivity index (χ4v) is 1.54. The van der Waals surface area contributed by atoms with E-state index in [1.165, 1.54) is 5.57 Å². The van der Waals surface area contributed by atoms with Crippen LogP contribution in [0.1, 0.15) is 6.92 Å². The predicted molar refractivity (Wildman–Crippen MR) is 72.1 cm³/mol. The topological polar surface area (TPSA) is 3.24 Å². The molecular weight excluding hydrogens is 194 g/mol. The minimum absolute atomic E-state index is 0.905. The molecule has 0 amide bonds. The van der Waals surface area contributed by atoms with Gasteiger partial charge in [-0.1, -0.05) is 49.6 Å². The van der Waals surface area contributed by atoms with E-state index in [-0.39, 0.29) is 0 Å². The summed E-state index contributed by atoms with van der Waals surface area (Å²) in [5.41, 5.74) is 3.36. The average Bonchev–Trinajstić information content (AvgIpc) is 2.31. The van der Waals surface area contributed by atoms with Gasteiger partial charge >= 0.3 is 0 Å². The Morgan fingerprint density at radius 1 is 1.44 bits per heavy atom. The first kappa shape index (κ1) is 12.3. The van der Waals surface area contributed by atoms with Gasteiger partial charge in [-0.15, -0.1) is 0 Å². The molecule has 0 N–H and O–H groups in total. The van der Waals surface area contributed by atoms with Gasteiger partial charge < -0.3 is 4.90 Å². The van der Waals surface area contributed by atoms with Crippen LogP contribution in [0.2, 0.25) is 0 Å². The number of allylic oxidation sites excluding steroid dienone is 8. The molecule has 0 bridgehead atoms. The van der Waals surface area contributed by atoms with Crippen LogP contribution in [-0.2, 0) is 0 Å². The highest BCUT2D eigenvalue weighted by molar-refractivity contribution is 5.50. The minimum atomic E-state index is 0.905. The smallest absolute Gasteiger partial charge is 0.0354 e. The molecule has 1 heteroatoms. The van der Waals surface area contributed by atoms with E-state index in [9.17, 15) is 0 Å². The van der Waals surface area contributed by atoms with Crippen molar-refractivity contribution >= 4 is 0 Å². The summed E-state index contributed by atoms with van der Waals surface area (Å²) in [6, 6.07) is 0. The lowest BCUT2D eigenvalue weighted by Crippen LogP contribution is -2.11. The Balaban J connectivity index is 3.10. The lowest BCUT2D eigenvalue weighted by atomic mass is 10.0. The summed E-state index contributed by atoms with van der Waals surface area (Å²) in [7, 11) is 2.06. The number of rotatable bonds is 2. The normalized spacial score (nSPS) is 24.9. The first-order chi connectivity index (χ1) is 7.65. The Hall–Kier alpha value is -1.76. The Morgan fingerprint density at radius 3 is 2.88 bits per heavy atom. The van der Waals surface area contributed by atoms with Crippen LogP contribution in [0.15, 0.2) is 72.5 Å². The molecule has 0 saturated carbocycles. The van der Waals surface area contributed by atoms with Crippen LogP contribution in [0.25, 0.3) is 0 Å². The van der Waals surface area contributed by atoms with E-state index in [1.807, 2.05) is 24.3 Å². The van der Waals surface area contributed by atoms with Crippen molar-refractivity contribution in [3.63, 3.8) is 0 Å². The van der Waals surface area contributed by atoms with Gasteiger partial charge in [0.05, 0.1) is 0 Å². The van der Waals surface area contributed by atoms with Crippen molar-refractivity contribution in [1.29, 1.82) is 0 Å². The van der Waals surface area contributed by atoms with Gasteiger partial charge in [-0.2, -0.15) is 0 Å². The molecule has 0 fully saturated rings. The van der Waals surface area contributed by atoms with Crippen LogP contribution < -0.4 is 0 Å². The molecule has 1 aliphatic heterocycles. The van der Waals surface area contributed by atoms with E-state index < -0.39 is 0 Å². The molecule has 0 saturated heterocycles. The van der Waals surface area contributed by atoms with Crippen molar-refractivity contribution in [1.82, 2.24) is 4.90 Å². The van der Waals surface area contributed by atoms with Gasteiger partial charge in [0.15, 0.2) is 0 Å². The molecule has 1 nitrogen and oxygen atoms in total. The second kappa shape index (κ2) is 5.96. The van der Waals surface area contributed by atoms with Gasteiger partial charge in [0.25, 0.3) is 0 Å². The van der Waals surface area contributed by atoms with Gasteiger partial charge in [-0.05, 0) is 23.6 Å². The fraction of sp³-hybridized carbons (Fsp3) is 0.200. The highest BCUT2D eigenvalue weighted by Crippen LogP contribution is 2.20. The number of likely N-dealkylation sites (N-methyl/N-ethyl adjacent to an activating group) is 1. The average molecular weight is 213 g/mol. The van der Waals surface area contributed by atoms with Gasteiger partial charge in [0, 0.05) is 19.8 Å². The number of hydrogen-bond donors (Lipinski definition) is 0. The molecule has 16 heavy (non-hydrogen) atoms. The maximum absolute atomic E-state index is 4.09. The standard InChI is InChI=1S/C15H19N/c1-5-9-13(2)15-12-16(4)11-8-6-7-10-14(15)3/h5-10,12H,1,3,11H2,2,4H3/b8-6-,10-7-,13-9+,15-12-. The summed E-state index contributed by atoms with van der Waals surface area (Å²) in [5, 5.41) is 0. The van der Waals surface area contributed by atoms with Gasteiger partial charge in [0.2, 0.25) is 0 Å². The van der Waals surface area contributed by atoms with Crippen LogP contribution in [0.5, 0.6) is 0 Å². The third-order valence-electron chi connectivity index (χ3n) is 2.43. The van der Waals surface area contributed by atoms with Crippen molar-refractivity contribution in [3.8, 4) is 0 Å². The van der Waals surface area contributed by atoms with E-state index in [1.54, 1.807) is 6.08 Å². The third-order valence-corrected chi connectivity index (χ3v) is 2.43. The summed E-state index contributed by atoms with van der Waals surface area (Å²) in [6.07, 6.45) is 14.2. The molecule has 1 rings (SSSR count). The van der Waals surface area contributed by atoms with Crippen LogP contribution in [0.4, 0.5) is 0 Å². The molecule has 0 aromatic rings. The second-order valence-corrected chi connectivity index (χ2v) is 3.88. The van der Waals surface area contributed by atoms with Gasteiger partial charge in [0.1, 0.15) is 0 Å². The molecule has 0 radical (unpaired) electrons. The monoisotopic (exact) mass is 213 g/mol.